The average molecular weight is 294 g/mol. The highest BCUT2D eigenvalue weighted by atomic mass is 32.1. The molecule has 2 N–H and O–H groups in total. The first-order valence-corrected chi connectivity index (χ1v) is 7.26. The maximum atomic E-state index is 12.0. The number of nitrogens with zero attached hydrogens (tertiary/aromatic N) is 2. The normalized spacial score (nSPS) is 13.8. The van der Waals surface area contributed by atoms with E-state index in [2.05, 4.69) is 20.8 Å². The lowest BCUT2D eigenvalue weighted by Gasteiger charge is -2.17. The summed E-state index contributed by atoms with van der Waals surface area (Å²) in [7, 11) is 0. The van der Waals surface area contributed by atoms with Gasteiger partial charge in [-0.1, -0.05) is 5.16 Å². The first-order valence-electron chi connectivity index (χ1n) is 6.38. The standard InChI is InChI=1S/C13H18N4O2S/c1-7(11-8(2)17-19-10(11)4)15-13(18)16-9(3)12-14-5-6-20-12/h5-7,9H,1-4H3,(H2,15,16,18). The third-order valence-electron chi connectivity index (χ3n) is 3.04. The second-order valence-electron chi connectivity index (χ2n) is 4.67. The lowest BCUT2D eigenvalue weighted by molar-refractivity contribution is 0.235. The number of urea groups is 1. The van der Waals surface area contributed by atoms with Crippen LogP contribution in [0, 0.1) is 13.8 Å². The van der Waals surface area contributed by atoms with Crippen LogP contribution in [0.2, 0.25) is 0 Å². The number of aryl methyl sites for hydroxylation is 2. The molecular weight excluding hydrogens is 276 g/mol. The minimum Gasteiger partial charge on any atom is -0.361 e. The number of aromatic nitrogens is 2. The third kappa shape index (κ3) is 3.16. The summed E-state index contributed by atoms with van der Waals surface area (Å²) in [4.78, 5) is 16.2. The summed E-state index contributed by atoms with van der Waals surface area (Å²) >= 11 is 1.52. The van der Waals surface area contributed by atoms with Crippen LogP contribution >= 0.6 is 11.3 Å². The zero-order chi connectivity index (χ0) is 14.7. The largest absolute Gasteiger partial charge is 0.361 e. The maximum absolute atomic E-state index is 12.0. The van der Waals surface area contributed by atoms with Crippen LogP contribution in [0.15, 0.2) is 16.1 Å². The van der Waals surface area contributed by atoms with Crippen LogP contribution in [0.3, 0.4) is 0 Å². The molecule has 2 aromatic heterocycles. The van der Waals surface area contributed by atoms with E-state index in [9.17, 15) is 4.79 Å². The van der Waals surface area contributed by atoms with Crippen molar-refractivity contribution in [1.82, 2.24) is 20.8 Å². The Labute approximate surface area is 121 Å². The van der Waals surface area contributed by atoms with Gasteiger partial charge in [0.05, 0.1) is 17.8 Å². The van der Waals surface area contributed by atoms with Gasteiger partial charge in [-0.25, -0.2) is 9.78 Å². The van der Waals surface area contributed by atoms with Gasteiger partial charge in [-0.05, 0) is 27.7 Å². The number of carbonyl (C=O) groups excluding carboxylic acids is 1. The summed E-state index contributed by atoms with van der Waals surface area (Å²) < 4.78 is 5.11. The van der Waals surface area contributed by atoms with Crippen LogP contribution in [-0.2, 0) is 0 Å². The summed E-state index contributed by atoms with van der Waals surface area (Å²) in [5.41, 5.74) is 1.71. The van der Waals surface area contributed by atoms with Crippen LogP contribution in [0.5, 0.6) is 0 Å². The van der Waals surface area contributed by atoms with Crippen molar-refractivity contribution in [2.24, 2.45) is 0 Å². The minimum absolute atomic E-state index is 0.119. The van der Waals surface area contributed by atoms with Crippen molar-refractivity contribution < 1.29 is 9.32 Å². The second-order valence-corrected chi connectivity index (χ2v) is 5.60. The monoisotopic (exact) mass is 294 g/mol. The second kappa shape index (κ2) is 6.04. The summed E-state index contributed by atoms with van der Waals surface area (Å²) in [6.45, 7) is 7.50. The number of amides is 2. The molecule has 20 heavy (non-hydrogen) atoms. The van der Waals surface area contributed by atoms with Gasteiger partial charge in [0, 0.05) is 17.1 Å². The van der Waals surface area contributed by atoms with Gasteiger partial charge in [-0.3, -0.25) is 0 Å². The van der Waals surface area contributed by atoms with E-state index >= 15 is 0 Å². The number of thiazole rings is 1. The molecule has 0 radical (unpaired) electrons. The van der Waals surface area contributed by atoms with E-state index < -0.39 is 0 Å². The van der Waals surface area contributed by atoms with E-state index in [0.29, 0.717) is 0 Å². The van der Waals surface area contributed by atoms with Crippen molar-refractivity contribution in [1.29, 1.82) is 0 Å². The fourth-order valence-electron chi connectivity index (χ4n) is 2.13. The Kier molecular flexibility index (Phi) is 4.39. The zero-order valence-corrected chi connectivity index (χ0v) is 12.7. The van der Waals surface area contributed by atoms with Crippen LogP contribution in [0.4, 0.5) is 4.79 Å². The molecule has 0 spiro atoms. The first-order chi connectivity index (χ1) is 9.49. The summed E-state index contributed by atoms with van der Waals surface area (Å²) in [6, 6.07) is -0.517. The molecule has 2 amide bonds. The lowest BCUT2D eigenvalue weighted by atomic mass is 10.1. The van der Waals surface area contributed by atoms with Crippen molar-refractivity contribution in [2.45, 2.75) is 39.8 Å². The highest BCUT2D eigenvalue weighted by Crippen LogP contribution is 2.21. The predicted octanol–water partition coefficient (Wildman–Crippen LogP) is 2.87. The Hall–Kier alpha value is -1.89. The first kappa shape index (κ1) is 14.5. The lowest BCUT2D eigenvalue weighted by Crippen LogP contribution is -2.38. The molecule has 7 heteroatoms. The quantitative estimate of drug-likeness (QED) is 0.908. The van der Waals surface area contributed by atoms with E-state index in [1.165, 1.54) is 11.3 Å². The fourth-order valence-corrected chi connectivity index (χ4v) is 2.77. The Morgan fingerprint density at radius 1 is 1.30 bits per heavy atom. The van der Waals surface area contributed by atoms with Crippen molar-refractivity contribution in [3.8, 4) is 0 Å². The van der Waals surface area contributed by atoms with Crippen molar-refractivity contribution >= 4 is 17.4 Å². The zero-order valence-electron chi connectivity index (χ0n) is 11.9. The molecular formula is C13H18N4O2S. The molecule has 0 saturated carbocycles. The molecule has 2 rings (SSSR count). The highest BCUT2D eigenvalue weighted by Gasteiger charge is 2.19. The van der Waals surface area contributed by atoms with Crippen LogP contribution in [-0.4, -0.2) is 16.2 Å². The molecule has 0 fully saturated rings. The number of nitrogens with one attached hydrogen (secondary N) is 2. The highest BCUT2D eigenvalue weighted by molar-refractivity contribution is 7.09. The summed E-state index contributed by atoms with van der Waals surface area (Å²) in [6.07, 6.45) is 1.72. The Morgan fingerprint density at radius 3 is 2.55 bits per heavy atom. The summed E-state index contributed by atoms with van der Waals surface area (Å²) in [5.74, 6) is 0.725. The van der Waals surface area contributed by atoms with Gasteiger partial charge in [0.2, 0.25) is 0 Å². The SMILES string of the molecule is Cc1noc(C)c1C(C)NC(=O)NC(C)c1nccs1. The molecule has 0 aliphatic rings. The van der Waals surface area contributed by atoms with E-state index in [0.717, 1.165) is 22.0 Å². The van der Waals surface area contributed by atoms with Gasteiger partial charge < -0.3 is 15.2 Å². The smallest absolute Gasteiger partial charge is 0.315 e. The van der Waals surface area contributed by atoms with Gasteiger partial charge in [0.1, 0.15) is 10.8 Å². The molecule has 0 bridgehead atoms. The summed E-state index contributed by atoms with van der Waals surface area (Å²) in [5, 5.41) is 12.4. The Bertz CT molecular complexity index is 560. The number of hydrogen-bond acceptors (Lipinski definition) is 5. The molecule has 2 unspecified atom stereocenters. The van der Waals surface area contributed by atoms with Crippen molar-refractivity contribution in [3.05, 3.63) is 33.6 Å². The van der Waals surface area contributed by atoms with Crippen LogP contribution < -0.4 is 10.6 Å². The van der Waals surface area contributed by atoms with Crippen molar-refractivity contribution in [3.63, 3.8) is 0 Å². The maximum Gasteiger partial charge on any atom is 0.315 e. The van der Waals surface area contributed by atoms with Gasteiger partial charge in [0.25, 0.3) is 0 Å². The molecule has 0 aliphatic carbocycles. The minimum atomic E-state index is -0.236. The van der Waals surface area contributed by atoms with E-state index in [4.69, 9.17) is 4.52 Å². The molecule has 0 saturated heterocycles. The predicted molar refractivity (Wildman–Crippen MR) is 76.6 cm³/mol. The molecule has 108 valence electrons. The molecule has 0 aromatic carbocycles. The van der Waals surface area contributed by atoms with Gasteiger partial charge in [-0.2, -0.15) is 0 Å². The van der Waals surface area contributed by atoms with Crippen LogP contribution in [0.25, 0.3) is 0 Å². The average Bonchev–Trinajstić information content (AvgIpc) is 2.99. The molecule has 2 atom stereocenters. The van der Waals surface area contributed by atoms with Crippen LogP contribution in [0.1, 0.15) is 48.0 Å². The fraction of sp³-hybridized carbons (Fsp3) is 0.462. The third-order valence-corrected chi connectivity index (χ3v) is 4.00. The van der Waals surface area contributed by atoms with Gasteiger partial charge in [-0.15, -0.1) is 11.3 Å². The topological polar surface area (TPSA) is 80.0 Å². The number of rotatable bonds is 4. The van der Waals surface area contributed by atoms with Crippen molar-refractivity contribution in [2.75, 3.05) is 0 Å². The Balaban J connectivity index is 1.95. The molecule has 2 heterocycles. The molecule has 0 aliphatic heterocycles. The molecule has 6 nitrogen and oxygen atoms in total. The van der Waals surface area contributed by atoms with Gasteiger partial charge >= 0.3 is 6.03 Å². The van der Waals surface area contributed by atoms with E-state index in [1.807, 2.05) is 33.1 Å². The Morgan fingerprint density at radius 2 is 2.00 bits per heavy atom. The molecule has 2 aromatic rings. The van der Waals surface area contributed by atoms with Gasteiger partial charge in [0.15, 0.2) is 0 Å². The number of hydrogen-bond donors (Lipinski definition) is 2. The van der Waals surface area contributed by atoms with E-state index in [-0.39, 0.29) is 18.1 Å². The van der Waals surface area contributed by atoms with E-state index in [1.54, 1.807) is 6.20 Å². The number of carbonyl (C=O) groups is 1.